The SMILES string of the molecule is CC(C)(C)[Si](C)(C)OCCOCc1ccc(CO)cc1.COC(=O)c1ccc(COCCO[Si](C)(C)C(C)(C)C)cc1. The second-order valence-electron chi connectivity index (χ2n) is 13.5. The van der Waals surface area contributed by atoms with Crippen molar-refractivity contribution >= 4 is 22.6 Å². The van der Waals surface area contributed by atoms with Gasteiger partial charge in [-0.25, -0.2) is 4.79 Å². The molecule has 2 rings (SSSR count). The van der Waals surface area contributed by atoms with Gasteiger partial charge in [0.1, 0.15) is 0 Å². The van der Waals surface area contributed by atoms with Gasteiger partial charge in [-0.3, -0.25) is 0 Å². The fourth-order valence-electron chi connectivity index (χ4n) is 3.12. The Bertz CT molecular complexity index is 1040. The Hall–Kier alpha value is -1.86. The van der Waals surface area contributed by atoms with Crippen LogP contribution in [0.1, 0.15) is 68.6 Å². The number of ether oxygens (including phenoxy) is 3. The summed E-state index contributed by atoms with van der Waals surface area (Å²) in [5, 5.41) is 9.43. The Morgan fingerprint density at radius 1 is 0.643 bits per heavy atom. The third kappa shape index (κ3) is 13.6. The molecule has 0 aliphatic rings. The van der Waals surface area contributed by atoms with Crippen LogP contribution < -0.4 is 0 Å². The van der Waals surface area contributed by atoms with Crippen LogP contribution in [0.5, 0.6) is 0 Å². The second-order valence-corrected chi connectivity index (χ2v) is 23.1. The summed E-state index contributed by atoms with van der Waals surface area (Å²) < 4.78 is 28.0. The molecule has 1 N–H and O–H groups in total. The largest absolute Gasteiger partial charge is 0.465 e. The number of aliphatic hydroxyl groups excluding tert-OH is 1. The maximum absolute atomic E-state index is 11.3. The quantitative estimate of drug-likeness (QED) is 0.131. The second kappa shape index (κ2) is 17.4. The summed E-state index contributed by atoms with van der Waals surface area (Å²) in [5.41, 5.74) is 3.62. The minimum Gasteiger partial charge on any atom is -0.465 e. The average molecular weight is 621 g/mol. The smallest absolute Gasteiger partial charge is 0.337 e. The maximum atomic E-state index is 11.3. The molecule has 0 atom stereocenters. The van der Waals surface area contributed by atoms with E-state index in [1.165, 1.54) is 7.11 Å². The van der Waals surface area contributed by atoms with Crippen LogP contribution in [0, 0.1) is 0 Å². The zero-order valence-electron chi connectivity index (χ0n) is 28.0. The molecule has 42 heavy (non-hydrogen) atoms. The van der Waals surface area contributed by atoms with Gasteiger partial charge in [-0.05, 0) is 65.1 Å². The molecule has 0 bridgehead atoms. The molecule has 9 heteroatoms. The molecular formula is C33H56O7Si2. The van der Waals surface area contributed by atoms with Gasteiger partial charge in [0.05, 0.1) is 58.9 Å². The first-order valence-corrected chi connectivity index (χ1v) is 20.5. The normalized spacial score (nSPS) is 12.5. The molecule has 0 aliphatic heterocycles. The van der Waals surface area contributed by atoms with Crippen LogP contribution in [0.3, 0.4) is 0 Å². The van der Waals surface area contributed by atoms with Gasteiger partial charge < -0.3 is 28.2 Å². The molecule has 7 nitrogen and oxygen atoms in total. The standard InChI is InChI=1S/C17H28O4Si.C16H28O3Si/c1-17(2,3)22(5,6)21-12-11-20-13-14-7-9-15(10-8-14)16(18)19-4;1-16(2,3)20(4,5)19-11-10-18-13-15-8-6-14(12-17)7-9-15/h7-10H,11-13H2,1-6H3;6-9,17H,10-13H2,1-5H3. The number of esters is 1. The molecule has 0 saturated heterocycles. The molecule has 0 saturated carbocycles. The van der Waals surface area contributed by atoms with E-state index >= 15 is 0 Å². The van der Waals surface area contributed by atoms with E-state index < -0.39 is 16.6 Å². The Morgan fingerprint density at radius 3 is 1.33 bits per heavy atom. The number of carbonyl (C=O) groups excluding carboxylic acids is 1. The van der Waals surface area contributed by atoms with Crippen molar-refractivity contribution in [1.82, 2.24) is 0 Å². The molecule has 0 radical (unpaired) electrons. The van der Waals surface area contributed by atoms with Gasteiger partial charge in [0, 0.05) is 0 Å². The molecule has 2 aromatic rings. The van der Waals surface area contributed by atoms with Crippen LogP contribution in [-0.4, -0.2) is 61.2 Å². The summed E-state index contributed by atoms with van der Waals surface area (Å²) in [7, 11) is -1.97. The van der Waals surface area contributed by atoms with Crippen molar-refractivity contribution in [1.29, 1.82) is 0 Å². The number of rotatable bonds is 14. The molecule has 0 fully saturated rings. The fourth-order valence-corrected chi connectivity index (χ4v) is 5.17. The molecule has 238 valence electrons. The lowest BCUT2D eigenvalue weighted by Crippen LogP contribution is -2.41. The molecule has 0 unspecified atom stereocenters. The van der Waals surface area contributed by atoms with E-state index in [0.717, 1.165) is 16.7 Å². The van der Waals surface area contributed by atoms with E-state index in [1.54, 1.807) is 12.1 Å². The van der Waals surface area contributed by atoms with Crippen LogP contribution in [0.2, 0.25) is 36.3 Å². The highest BCUT2D eigenvalue weighted by atomic mass is 28.4. The maximum Gasteiger partial charge on any atom is 0.337 e. The van der Waals surface area contributed by atoms with Gasteiger partial charge in [0.2, 0.25) is 0 Å². The molecule has 0 spiro atoms. The van der Waals surface area contributed by atoms with E-state index in [2.05, 4.69) is 72.5 Å². The van der Waals surface area contributed by atoms with Crippen LogP contribution in [0.4, 0.5) is 0 Å². The zero-order chi connectivity index (χ0) is 32.0. The van der Waals surface area contributed by atoms with Gasteiger partial charge in [0.25, 0.3) is 0 Å². The summed E-state index contributed by atoms with van der Waals surface area (Å²) >= 11 is 0. The van der Waals surface area contributed by atoms with Crippen molar-refractivity contribution < 1.29 is 33.0 Å². The Morgan fingerprint density at radius 2 is 1.00 bits per heavy atom. The highest BCUT2D eigenvalue weighted by molar-refractivity contribution is 6.74. The number of hydrogen-bond acceptors (Lipinski definition) is 7. The predicted octanol–water partition coefficient (Wildman–Crippen LogP) is 7.73. The first kappa shape index (κ1) is 38.2. The highest BCUT2D eigenvalue weighted by Gasteiger charge is 2.37. The van der Waals surface area contributed by atoms with Crippen molar-refractivity contribution in [2.24, 2.45) is 0 Å². The molecule has 0 amide bonds. The lowest BCUT2D eigenvalue weighted by molar-refractivity contribution is 0.0600. The van der Waals surface area contributed by atoms with Gasteiger partial charge in [-0.2, -0.15) is 0 Å². The molecular weight excluding hydrogens is 565 g/mol. The third-order valence-corrected chi connectivity index (χ3v) is 17.2. The van der Waals surface area contributed by atoms with Crippen molar-refractivity contribution in [3.63, 3.8) is 0 Å². The van der Waals surface area contributed by atoms with E-state index in [4.69, 9.17) is 23.4 Å². The van der Waals surface area contributed by atoms with E-state index in [1.807, 2.05) is 36.4 Å². The third-order valence-electron chi connectivity index (χ3n) is 8.11. The molecule has 0 aromatic heterocycles. The highest BCUT2D eigenvalue weighted by Crippen LogP contribution is 2.37. The summed E-state index contributed by atoms with van der Waals surface area (Å²) in [6.45, 7) is 26.0. The van der Waals surface area contributed by atoms with Crippen molar-refractivity contribution in [2.75, 3.05) is 33.5 Å². The Balaban J connectivity index is 0.000000422. The topological polar surface area (TPSA) is 83.5 Å². The first-order valence-electron chi connectivity index (χ1n) is 14.7. The van der Waals surface area contributed by atoms with Gasteiger partial charge in [-0.15, -0.1) is 0 Å². The molecule has 0 aliphatic carbocycles. The minimum absolute atomic E-state index is 0.0848. The van der Waals surface area contributed by atoms with Crippen molar-refractivity contribution in [3.8, 4) is 0 Å². The number of methoxy groups -OCH3 is 1. The minimum atomic E-state index is -1.69. The lowest BCUT2D eigenvalue weighted by Gasteiger charge is -2.36. The molecule has 2 aromatic carbocycles. The monoisotopic (exact) mass is 620 g/mol. The van der Waals surface area contributed by atoms with Gasteiger partial charge >= 0.3 is 5.97 Å². The summed E-state index contributed by atoms with van der Waals surface area (Å²) in [5.74, 6) is -0.324. The zero-order valence-corrected chi connectivity index (χ0v) is 30.0. The van der Waals surface area contributed by atoms with Crippen molar-refractivity contribution in [2.45, 2.75) is 97.6 Å². The number of benzene rings is 2. The van der Waals surface area contributed by atoms with E-state index in [-0.39, 0.29) is 22.7 Å². The number of hydrogen-bond donors (Lipinski definition) is 1. The summed E-state index contributed by atoms with van der Waals surface area (Å²) in [6, 6.07) is 15.1. The van der Waals surface area contributed by atoms with E-state index in [9.17, 15) is 4.79 Å². The Kier molecular flexibility index (Phi) is 15.9. The van der Waals surface area contributed by atoms with Crippen LogP contribution >= 0.6 is 0 Å². The lowest BCUT2D eigenvalue weighted by atomic mass is 10.1. The van der Waals surface area contributed by atoms with E-state index in [0.29, 0.717) is 45.2 Å². The predicted molar refractivity (Wildman–Crippen MR) is 176 cm³/mol. The van der Waals surface area contributed by atoms with Gasteiger partial charge in [-0.1, -0.05) is 77.9 Å². The van der Waals surface area contributed by atoms with Crippen LogP contribution in [-0.2, 0) is 42.9 Å². The first-order chi connectivity index (χ1) is 19.4. The summed E-state index contributed by atoms with van der Waals surface area (Å²) in [6.07, 6.45) is 0. The van der Waals surface area contributed by atoms with Crippen LogP contribution in [0.25, 0.3) is 0 Å². The summed E-state index contributed by atoms with van der Waals surface area (Å²) in [4.78, 5) is 11.3. The average Bonchev–Trinajstić information content (AvgIpc) is 2.92. The number of carbonyl (C=O) groups is 1. The fraction of sp³-hybridized carbons (Fsp3) is 0.606. The van der Waals surface area contributed by atoms with Crippen molar-refractivity contribution in [3.05, 3.63) is 70.8 Å². The number of aliphatic hydroxyl groups is 1. The van der Waals surface area contributed by atoms with Crippen LogP contribution in [0.15, 0.2) is 48.5 Å². The van der Waals surface area contributed by atoms with Gasteiger partial charge in [0.15, 0.2) is 16.6 Å². The Labute approximate surface area is 257 Å². The molecule has 0 heterocycles.